The van der Waals surface area contributed by atoms with Crippen LogP contribution in [0.25, 0.3) is 22.3 Å². The van der Waals surface area contributed by atoms with Crippen molar-refractivity contribution in [3.8, 4) is 22.3 Å². The van der Waals surface area contributed by atoms with Gasteiger partial charge >= 0.3 is 0 Å². The van der Waals surface area contributed by atoms with E-state index in [2.05, 4.69) is 54.6 Å². The molecule has 0 nitrogen and oxygen atoms in total. The van der Waals surface area contributed by atoms with Gasteiger partial charge in [0.05, 0.1) is 0 Å². The van der Waals surface area contributed by atoms with Crippen LogP contribution in [0.3, 0.4) is 0 Å². The molecule has 0 heterocycles. The van der Waals surface area contributed by atoms with Gasteiger partial charge in [-0.3, -0.25) is 0 Å². The van der Waals surface area contributed by atoms with Crippen molar-refractivity contribution in [2.75, 3.05) is 0 Å². The lowest BCUT2D eigenvalue weighted by molar-refractivity contribution is -0.0399. The van der Waals surface area contributed by atoms with Gasteiger partial charge in [-0.1, -0.05) is 53.5 Å². The Kier molecular flexibility index (Phi) is 3.66. The molecular weight excluding hydrogens is 407 g/mol. The highest BCUT2D eigenvalue weighted by molar-refractivity contribution is 6.31. The van der Waals surface area contributed by atoms with E-state index in [1.165, 1.54) is 59.9 Å². The molecule has 150 valence electrons. The van der Waals surface area contributed by atoms with E-state index in [0.717, 1.165) is 33.7 Å². The van der Waals surface area contributed by atoms with Crippen LogP contribution in [0.2, 0.25) is 10.0 Å². The molecule has 3 aromatic rings. The van der Waals surface area contributed by atoms with Gasteiger partial charge in [0.1, 0.15) is 0 Å². The Morgan fingerprint density at radius 1 is 0.600 bits per heavy atom. The van der Waals surface area contributed by atoms with Crippen molar-refractivity contribution in [1.82, 2.24) is 0 Å². The van der Waals surface area contributed by atoms with Crippen molar-refractivity contribution < 1.29 is 0 Å². The van der Waals surface area contributed by atoms with Crippen LogP contribution in [0, 0.1) is 23.7 Å². The predicted molar refractivity (Wildman–Crippen MR) is 125 cm³/mol. The quantitative estimate of drug-likeness (QED) is 0.363. The fraction of sp³-hybridized carbons (Fsp3) is 0.357. The van der Waals surface area contributed by atoms with Gasteiger partial charge in [0, 0.05) is 15.5 Å². The summed E-state index contributed by atoms with van der Waals surface area (Å²) in [5.74, 6) is 3.39. The molecule has 4 bridgehead atoms. The van der Waals surface area contributed by atoms with E-state index in [-0.39, 0.29) is 5.41 Å². The molecule has 0 aliphatic heterocycles. The third-order valence-electron chi connectivity index (χ3n) is 8.77. The monoisotopic (exact) mass is 430 g/mol. The Balaban J connectivity index is 1.50. The van der Waals surface area contributed by atoms with Crippen molar-refractivity contribution >= 4 is 23.2 Å². The number of halogens is 2. The molecule has 8 rings (SSSR count). The van der Waals surface area contributed by atoms with E-state index < -0.39 is 0 Å². The van der Waals surface area contributed by atoms with Crippen LogP contribution in [0.15, 0.2) is 60.7 Å². The molecule has 0 atom stereocenters. The second kappa shape index (κ2) is 6.15. The number of benzene rings is 3. The van der Waals surface area contributed by atoms with Gasteiger partial charge in [0.2, 0.25) is 0 Å². The van der Waals surface area contributed by atoms with Crippen molar-refractivity contribution in [1.29, 1.82) is 0 Å². The van der Waals surface area contributed by atoms with Crippen LogP contribution in [0.4, 0.5) is 0 Å². The minimum absolute atomic E-state index is 0.150. The molecule has 5 aliphatic carbocycles. The Hall–Kier alpha value is -1.76. The molecule has 3 aromatic carbocycles. The number of hydrogen-bond acceptors (Lipinski definition) is 0. The fourth-order valence-electron chi connectivity index (χ4n) is 8.01. The standard InChI is InChI=1S/C28H24Cl2/c29-22-3-1-2-18(13-22)19-4-6-24-25-7-5-23(30)15-27(25)28(26(24)14-19)20-9-16-8-17(11-20)12-21(28)10-16/h1-7,13-17,20-21H,8-12H2. The summed E-state index contributed by atoms with van der Waals surface area (Å²) in [5, 5.41) is 1.68. The van der Waals surface area contributed by atoms with Crippen molar-refractivity contribution in [2.45, 2.75) is 37.5 Å². The summed E-state index contributed by atoms with van der Waals surface area (Å²) in [6.45, 7) is 0. The summed E-state index contributed by atoms with van der Waals surface area (Å²) >= 11 is 12.9. The third-order valence-corrected chi connectivity index (χ3v) is 9.24. The molecule has 4 fully saturated rings. The highest BCUT2D eigenvalue weighted by Gasteiger charge is 2.61. The number of hydrogen-bond donors (Lipinski definition) is 0. The Morgan fingerprint density at radius 2 is 1.20 bits per heavy atom. The molecule has 0 radical (unpaired) electrons. The molecule has 0 N–H and O–H groups in total. The molecule has 2 heteroatoms. The SMILES string of the molecule is Clc1cccc(-c2ccc3c(c2)C2(c4cc(Cl)ccc4-3)C3CC4CC(C3)CC2C4)c1. The maximum Gasteiger partial charge on any atom is 0.0412 e. The van der Waals surface area contributed by atoms with E-state index in [1.54, 1.807) is 5.56 Å². The molecule has 0 aromatic heterocycles. The zero-order chi connectivity index (χ0) is 20.0. The summed E-state index contributed by atoms with van der Waals surface area (Å²) in [7, 11) is 0. The molecule has 0 unspecified atom stereocenters. The van der Waals surface area contributed by atoms with Crippen LogP contribution in [-0.4, -0.2) is 0 Å². The van der Waals surface area contributed by atoms with Gasteiger partial charge in [0.15, 0.2) is 0 Å². The molecule has 0 saturated heterocycles. The highest BCUT2D eigenvalue weighted by Crippen LogP contribution is 2.69. The van der Waals surface area contributed by atoms with E-state index in [4.69, 9.17) is 23.2 Å². The lowest BCUT2D eigenvalue weighted by Crippen LogP contribution is -2.55. The Morgan fingerprint density at radius 3 is 1.90 bits per heavy atom. The average molecular weight is 431 g/mol. The van der Waals surface area contributed by atoms with Crippen molar-refractivity contribution in [2.24, 2.45) is 23.7 Å². The zero-order valence-electron chi connectivity index (χ0n) is 16.9. The molecule has 5 aliphatic rings. The first-order valence-electron chi connectivity index (χ1n) is 11.3. The van der Waals surface area contributed by atoms with Gasteiger partial charge in [0.25, 0.3) is 0 Å². The summed E-state index contributed by atoms with van der Waals surface area (Å²) in [6, 6.07) is 22.1. The summed E-state index contributed by atoms with van der Waals surface area (Å²) in [5.41, 5.74) is 8.56. The van der Waals surface area contributed by atoms with E-state index in [1.807, 2.05) is 6.07 Å². The normalized spacial score (nSPS) is 32.5. The fourth-order valence-corrected chi connectivity index (χ4v) is 8.38. The lowest BCUT2D eigenvalue weighted by Gasteiger charge is -2.61. The van der Waals surface area contributed by atoms with E-state index in [0.29, 0.717) is 0 Å². The summed E-state index contributed by atoms with van der Waals surface area (Å²) < 4.78 is 0. The van der Waals surface area contributed by atoms with Crippen LogP contribution in [-0.2, 0) is 5.41 Å². The van der Waals surface area contributed by atoms with Gasteiger partial charge in [-0.15, -0.1) is 0 Å². The molecule has 30 heavy (non-hydrogen) atoms. The molecule has 0 amide bonds. The minimum Gasteiger partial charge on any atom is -0.0843 e. The molecule has 4 saturated carbocycles. The van der Waals surface area contributed by atoms with Crippen LogP contribution in [0.5, 0.6) is 0 Å². The van der Waals surface area contributed by atoms with Crippen molar-refractivity contribution in [3.63, 3.8) is 0 Å². The average Bonchev–Trinajstić information content (AvgIpc) is 3.01. The first-order valence-corrected chi connectivity index (χ1v) is 12.1. The Bertz CT molecular complexity index is 1160. The smallest absolute Gasteiger partial charge is 0.0412 e. The first kappa shape index (κ1) is 17.9. The summed E-state index contributed by atoms with van der Waals surface area (Å²) in [4.78, 5) is 0. The molecule has 1 spiro atoms. The van der Waals surface area contributed by atoms with Gasteiger partial charge in [-0.2, -0.15) is 0 Å². The maximum absolute atomic E-state index is 6.59. The second-order valence-electron chi connectivity index (χ2n) is 10.1. The zero-order valence-corrected chi connectivity index (χ0v) is 18.4. The van der Waals surface area contributed by atoms with Crippen molar-refractivity contribution in [3.05, 3.63) is 81.8 Å². The number of rotatable bonds is 1. The van der Waals surface area contributed by atoms with E-state index in [9.17, 15) is 0 Å². The highest BCUT2D eigenvalue weighted by atomic mass is 35.5. The number of fused-ring (bicyclic) bond motifs is 3. The van der Waals surface area contributed by atoms with Crippen LogP contribution < -0.4 is 0 Å². The van der Waals surface area contributed by atoms with Crippen LogP contribution >= 0.6 is 23.2 Å². The third kappa shape index (κ3) is 2.25. The summed E-state index contributed by atoms with van der Waals surface area (Å²) in [6.07, 6.45) is 7.03. The first-order chi connectivity index (χ1) is 14.6. The predicted octanol–water partition coefficient (Wildman–Crippen LogP) is 8.38. The minimum atomic E-state index is 0.150. The van der Waals surface area contributed by atoms with Gasteiger partial charge in [-0.25, -0.2) is 0 Å². The lowest BCUT2D eigenvalue weighted by atomic mass is 9.43. The van der Waals surface area contributed by atoms with Gasteiger partial charge in [-0.05, 0) is 119 Å². The van der Waals surface area contributed by atoms with Crippen LogP contribution in [0.1, 0.15) is 43.2 Å². The Labute approximate surface area is 188 Å². The molecular formula is C28H24Cl2. The maximum atomic E-state index is 6.59. The second-order valence-corrected chi connectivity index (χ2v) is 11.0. The van der Waals surface area contributed by atoms with Gasteiger partial charge < -0.3 is 0 Å². The largest absolute Gasteiger partial charge is 0.0843 e. The van der Waals surface area contributed by atoms with E-state index >= 15 is 0 Å². The topological polar surface area (TPSA) is 0 Å².